The summed E-state index contributed by atoms with van der Waals surface area (Å²) >= 11 is 0. The van der Waals surface area contributed by atoms with E-state index in [4.69, 9.17) is 5.73 Å². The fourth-order valence-electron chi connectivity index (χ4n) is 1.91. The van der Waals surface area contributed by atoms with E-state index in [2.05, 4.69) is 56.1 Å². The van der Waals surface area contributed by atoms with Gasteiger partial charge >= 0.3 is 0 Å². The van der Waals surface area contributed by atoms with Crippen LogP contribution in [-0.4, -0.2) is 10.2 Å². The molecule has 0 saturated heterocycles. The van der Waals surface area contributed by atoms with Gasteiger partial charge in [-0.25, -0.2) is 0 Å². The van der Waals surface area contributed by atoms with E-state index < -0.39 is 0 Å². The Hall–Kier alpha value is -1.77. The zero-order valence-corrected chi connectivity index (χ0v) is 10.8. The maximum absolute atomic E-state index is 5.62. The van der Waals surface area contributed by atoms with E-state index in [1.807, 2.05) is 6.07 Å². The van der Waals surface area contributed by atoms with Gasteiger partial charge in [-0.1, -0.05) is 39.0 Å². The third-order valence-electron chi connectivity index (χ3n) is 2.98. The summed E-state index contributed by atoms with van der Waals surface area (Å²) in [6, 6.07) is 8.38. The summed E-state index contributed by atoms with van der Waals surface area (Å²) in [4.78, 5) is 0. The summed E-state index contributed by atoms with van der Waals surface area (Å²) in [6.07, 6.45) is 0. The first-order valence-corrected chi connectivity index (χ1v) is 5.80. The van der Waals surface area contributed by atoms with E-state index >= 15 is 0 Å². The van der Waals surface area contributed by atoms with Gasteiger partial charge in [-0.15, -0.1) is 0 Å². The standard InChI is InChI=1S/C14H19N3/c1-9-7-10(14(2,3)4)5-6-11(9)12-8-13(15)17-16-12/h5-8H,1-4H3,(H3,15,16,17). The maximum Gasteiger partial charge on any atom is 0.145 e. The lowest BCUT2D eigenvalue weighted by molar-refractivity contribution is 0.590. The van der Waals surface area contributed by atoms with Crippen LogP contribution in [0.25, 0.3) is 11.3 Å². The minimum atomic E-state index is 0.177. The molecule has 90 valence electrons. The average Bonchev–Trinajstić information content (AvgIpc) is 2.63. The third kappa shape index (κ3) is 2.33. The number of rotatable bonds is 1. The fraction of sp³-hybridized carbons (Fsp3) is 0.357. The molecule has 0 aliphatic carbocycles. The molecule has 0 radical (unpaired) electrons. The van der Waals surface area contributed by atoms with Gasteiger partial charge in [-0.05, 0) is 23.5 Å². The van der Waals surface area contributed by atoms with E-state index in [0.717, 1.165) is 11.3 Å². The fourth-order valence-corrected chi connectivity index (χ4v) is 1.91. The molecule has 0 spiro atoms. The Morgan fingerprint density at radius 1 is 1.18 bits per heavy atom. The molecule has 3 nitrogen and oxygen atoms in total. The Labute approximate surface area is 102 Å². The molecule has 0 aliphatic rings. The molecule has 0 amide bonds. The number of aryl methyl sites for hydroxylation is 1. The van der Waals surface area contributed by atoms with E-state index in [1.165, 1.54) is 11.1 Å². The number of aromatic amines is 1. The molecule has 1 heterocycles. The smallest absolute Gasteiger partial charge is 0.145 e. The number of anilines is 1. The van der Waals surface area contributed by atoms with Crippen LogP contribution in [0.15, 0.2) is 24.3 Å². The van der Waals surface area contributed by atoms with Crippen LogP contribution in [0, 0.1) is 6.92 Å². The highest BCUT2D eigenvalue weighted by Gasteiger charge is 2.15. The van der Waals surface area contributed by atoms with Crippen molar-refractivity contribution >= 4 is 5.82 Å². The second kappa shape index (κ2) is 3.91. The summed E-state index contributed by atoms with van der Waals surface area (Å²) in [5, 5.41) is 6.90. The topological polar surface area (TPSA) is 54.7 Å². The minimum Gasteiger partial charge on any atom is -0.382 e. The summed E-state index contributed by atoms with van der Waals surface area (Å²) in [7, 11) is 0. The Bertz CT molecular complexity index is 533. The Morgan fingerprint density at radius 3 is 2.35 bits per heavy atom. The summed E-state index contributed by atoms with van der Waals surface area (Å²) in [6.45, 7) is 8.77. The zero-order valence-electron chi connectivity index (χ0n) is 10.8. The van der Waals surface area contributed by atoms with Crippen molar-refractivity contribution in [2.24, 2.45) is 0 Å². The Morgan fingerprint density at radius 2 is 1.88 bits per heavy atom. The number of hydrogen-bond acceptors (Lipinski definition) is 2. The lowest BCUT2D eigenvalue weighted by Gasteiger charge is -2.20. The second-order valence-electron chi connectivity index (χ2n) is 5.49. The monoisotopic (exact) mass is 229 g/mol. The number of aromatic nitrogens is 2. The molecule has 2 rings (SSSR count). The lowest BCUT2D eigenvalue weighted by Crippen LogP contribution is -2.11. The summed E-state index contributed by atoms with van der Waals surface area (Å²) in [5.41, 5.74) is 10.5. The number of hydrogen-bond donors (Lipinski definition) is 2. The molecular formula is C14H19N3. The van der Waals surface area contributed by atoms with Crippen molar-refractivity contribution in [2.45, 2.75) is 33.1 Å². The van der Waals surface area contributed by atoms with Gasteiger partial charge in [0, 0.05) is 11.6 Å². The van der Waals surface area contributed by atoms with Crippen LogP contribution >= 0.6 is 0 Å². The van der Waals surface area contributed by atoms with Gasteiger partial charge in [0.05, 0.1) is 5.69 Å². The summed E-state index contributed by atoms with van der Waals surface area (Å²) in [5.74, 6) is 0.527. The SMILES string of the molecule is Cc1cc(C(C)(C)C)ccc1-c1cc(N)n[nH]1. The number of nitrogens with zero attached hydrogens (tertiary/aromatic N) is 1. The molecule has 17 heavy (non-hydrogen) atoms. The van der Waals surface area contributed by atoms with E-state index in [9.17, 15) is 0 Å². The van der Waals surface area contributed by atoms with Crippen molar-refractivity contribution in [2.75, 3.05) is 5.73 Å². The van der Waals surface area contributed by atoms with E-state index in [1.54, 1.807) is 0 Å². The van der Waals surface area contributed by atoms with Crippen LogP contribution in [-0.2, 0) is 5.41 Å². The van der Waals surface area contributed by atoms with Gasteiger partial charge in [-0.2, -0.15) is 5.10 Å². The molecule has 1 aromatic carbocycles. The maximum atomic E-state index is 5.62. The number of benzene rings is 1. The van der Waals surface area contributed by atoms with Gasteiger partial charge in [0.15, 0.2) is 0 Å². The zero-order chi connectivity index (χ0) is 12.6. The van der Waals surface area contributed by atoms with Crippen LogP contribution in [0.4, 0.5) is 5.82 Å². The molecule has 0 atom stereocenters. The molecule has 0 aliphatic heterocycles. The molecular weight excluding hydrogens is 210 g/mol. The highest BCUT2D eigenvalue weighted by molar-refractivity contribution is 5.66. The lowest BCUT2D eigenvalue weighted by atomic mass is 9.85. The molecule has 0 fully saturated rings. The van der Waals surface area contributed by atoms with Gasteiger partial charge < -0.3 is 5.73 Å². The van der Waals surface area contributed by atoms with Gasteiger partial charge in [0.2, 0.25) is 0 Å². The summed E-state index contributed by atoms with van der Waals surface area (Å²) < 4.78 is 0. The largest absolute Gasteiger partial charge is 0.382 e. The Kier molecular flexibility index (Phi) is 2.69. The van der Waals surface area contributed by atoms with Crippen molar-refractivity contribution in [3.05, 3.63) is 35.4 Å². The normalized spacial score (nSPS) is 11.8. The number of H-pyrrole nitrogens is 1. The van der Waals surface area contributed by atoms with Crippen molar-refractivity contribution < 1.29 is 0 Å². The van der Waals surface area contributed by atoms with Crippen molar-refractivity contribution in [3.8, 4) is 11.3 Å². The van der Waals surface area contributed by atoms with Crippen LogP contribution in [0.1, 0.15) is 31.9 Å². The second-order valence-corrected chi connectivity index (χ2v) is 5.49. The van der Waals surface area contributed by atoms with E-state index in [0.29, 0.717) is 5.82 Å². The first-order chi connectivity index (χ1) is 7.88. The number of nitrogens with one attached hydrogen (secondary N) is 1. The molecule has 3 heteroatoms. The Balaban J connectivity index is 2.45. The molecule has 0 bridgehead atoms. The van der Waals surface area contributed by atoms with Gasteiger partial charge in [0.25, 0.3) is 0 Å². The molecule has 0 unspecified atom stereocenters. The van der Waals surface area contributed by atoms with Crippen LogP contribution in [0.2, 0.25) is 0 Å². The van der Waals surface area contributed by atoms with Crippen LogP contribution in [0.3, 0.4) is 0 Å². The third-order valence-corrected chi connectivity index (χ3v) is 2.98. The quantitative estimate of drug-likeness (QED) is 0.788. The molecule has 1 aromatic heterocycles. The first-order valence-electron chi connectivity index (χ1n) is 5.80. The van der Waals surface area contributed by atoms with Crippen LogP contribution < -0.4 is 5.73 Å². The average molecular weight is 229 g/mol. The van der Waals surface area contributed by atoms with Crippen molar-refractivity contribution in [3.63, 3.8) is 0 Å². The number of nitrogens with two attached hydrogens (primary N) is 1. The van der Waals surface area contributed by atoms with Crippen molar-refractivity contribution in [1.29, 1.82) is 0 Å². The number of nitrogen functional groups attached to an aromatic ring is 1. The highest BCUT2D eigenvalue weighted by Crippen LogP contribution is 2.28. The van der Waals surface area contributed by atoms with Crippen LogP contribution in [0.5, 0.6) is 0 Å². The minimum absolute atomic E-state index is 0.177. The van der Waals surface area contributed by atoms with E-state index in [-0.39, 0.29) is 5.41 Å². The van der Waals surface area contributed by atoms with Gasteiger partial charge in [-0.3, -0.25) is 5.10 Å². The predicted molar refractivity (Wildman–Crippen MR) is 71.9 cm³/mol. The molecule has 3 N–H and O–H groups in total. The highest BCUT2D eigenvalue weighted by atomic mass is 15.2. The van der Waals surface area contributed by atoms with Crippen molar-refractivity contribution in [1.82, 2.24) is 10.2 Å². The first kappa shape index (κ1) is 11.7. The molecule has 2 aromatic rings. The van der Waals surface area contributed by atoms with Gasteiger partial charge in [0.1, 0.15) is 5.82 Å². The predicted octanol–water partition coefficient (Wildman–Crippen LogP) is 3.26. The molecule has 0 saturated carbocycles.